The number of aromatic amines is 1. The van der Waals surface area contributed by atoms with Gasteiger partial charge in [-0.2, -0.15) is 0 Å². The minimum atomic E-state index is -0.0737. The maximum Gasteiger partial charge on any atom is 0.264 e. The first-order chi connectivity index (χ1) is 10.2. The Kier molecular flexibility index (Phi) is 5.78. The molecule has 2 rings (SSSR count). The molecule has 0 saturated carbocycles. The standard InChI is InChI=1S/C16H19IN2O2/c1-3-5-13-14(17)16(20)19-15(18-13)11-6-8-12(9-7-11)21-10-4-2/h6-9H,3-5,10H2,1-2H3,(H,18,19,20). The molecule has 1 aromatic heterocycles. The highest BCUT2D eigenvalue weighted by atomic mass is 127. The fourth-order valence-electron chi connectivity index (χ4n) is 1.97. The molecule has 2 aromatic rings. The van der Waals surface area contributed by atoms with Gasteiger partial charge in [-0.05, 0) is 59.7 Å². The molecular formula is C16H19IN2O2. The van der Waals surface area contributed by atoms with E-state index in [-0.39, 0.29) is 5.56 Å². The summed E-state index contributed by atoms with van der Waals surface area (Å²) < 4.78 is 6.24. The van der Waals surface area contributed by atoms with Crippen molar-refractivity contribution in [2.24, 2.45) is 0 Å². The summed E-state index contributed by atoms with van der Waals surface area (Å²) in [7, 11) is 0. The van der Waals surface area contributed by atoms with Crippen LogP contribution < -0.4 is 10.3 Å². The second-order valence-corrected chi connectivity index (χ2v) is 5.88. The maximum absolute atomic E-state index is 12.0. The third-order valence-corrected chi connectivity index (χ3v) is 4.13. The molecule has 0 atom stereocenters. The highest BCUT2D eigenvalue weighted by molar-refractivity contribution is 14.1. The van der Waals surface area contributed by atoms with E-state index in [1.807, 2.05) is 24.3 Å². The summed E-state index contributed by atoms with van der Waals surface area (Å²) in [5, 5.41) is 0. The van der Waals surface area contributed by atoms with E-state index < -0.39 is 0 Å². The number of hydrogen-bond donors (Lipinski definition) is 1. The van der Waals surface area contributed by atoms with Crippen molar-refractivity contribution in [2.75, 3.05) is 6.61 Å². The van der Waals surface area contributed by atoms with Crippen molar-refractivity contribution >= 4 is 22.6 Å². The molecule has 1 heterocycles. The number of H-pyrrole nitrogens is 1. The molecule has 0 unspecified atom stereocenters. The Morgan fingerprint density at radius 3 is 2.52 bits per heavy atom. The van der Waals surface area contributed by atoms with Gasteiger partial charge >= 0.3 is 0 Å². The molecule has 1 aromatic carbocycles. The average molecular weight is 398 g/mol. The third-order valence-electron chi connectivity index (χ3n) is 3.02. The Morgan fingerprint density at radius 2 is 1.90 bits per heavy atom. The second kappa shape index (κ2) is 7.59. The monoisotopic (exact) mass is 398 g/mol. The summed E-state index contributed by atoms with van der Waals surface area (Å²) in [6.07, 6.45) is 2.76. The Hall–Kier alpha value is -1.37. The van der Waals surface area contributed by atoms with Crippen molar-refractivity contribution in [1.29, 1.82) is 0 Å². The molecule has 21 heavy (non-hydrogen) atoms. The van der Waals surface area contributed by atoms with E-state index in [1.165, 1.54) is 0 Å². The number of aromatic nitrogens is 2. The van der Waals surface area contributed by atoms with Gasteiger partial charge < -0.3 is 9.72 Å². The molecule has 0 amide bonds. The molecule has 0 fully saturated rings. The molecule has 0 aliphatic rings. The van der Waals surface area contributed by atoms with Gasteiger partial charge in [0.05, 0.1) is 15.9 Å². The average Bonchev–Trinajstić information content (AvgIpc) is 2.50. The molecule has 1 N–H and O–H groups in total. The molecule has 0 aliphatic heterocycles. The first-order valence-corrected chi connectivity index (χ1v) is 8.25. The smallest absolute Gasteiger partial charge is 0.264 e. The Bertz CT molecular complexity index is 650. The summed E-state index contributed by atoms with van der Waals surface area (Å²) in [4.78, 5) is 19.4. The van der Waals surface area contributed by atoms with E-state index in [0.717, 1.165) is 36.3 Å². The van der Waals surface area contributed by atoms with Gasteiger partial charge in [0.1, 0.15) is 11.6 Å². The van der Waals surface area contributed by atoms with Crippen molar-refractivity contribution < 1.29 is 4.74 Å². The van der Waals surface area contributed by atoms with Gasteiger partial charge in [0.2, 0.25) is 0 Å². The third kappa shape index (κ3) is 4.06. The van der Waals surface area contributed by atoms with Gasteiger partial charge in [-0.15, -0.1) is 0 Å². The number of nitrogens with one attached hydrogen (secondary N) is 1. The van der Waals surface area contributed by atoms with Crippen molar-refractivity contribution in [3.05, 3.63) is 43.9 Å². The normalized spacial score (nSPS) is 10.6. The van der Waals surface area contributed by atoms with E-state index in [0.29, 0.717) is 16.0 Å². The highest BCUT2D eigenvalue weighted by Crippen LogP contribution is 2.20. The number of nitrogens with zero attached hydrogens (tertiary/aromatic N) is 1. The van der Waals surface area contributed by atoms with Crippen molar-refractivity contribution in [3.63, 3.8) is 0 Å². The zero-order chi connectivity index (χ0) is 15.2. The van der Waals surface area contributed by atoms with E-state index in [1.54, 1.807) is 0 Å². The van der Waals surface area contributed by atoms with Gasteiger partial charge in [0.25, 0.3) is 5.56 Å². The molecule has 5 heteroatoms. The number of halogens is 1. The molecular weight excluding hydrogens is 379 g/mol. The van der Waals surface area contributed by atoms with Crippen molar-refractivity contribution in [2.45, 2.75) is 33.1 Å². The SMILES string of the molecule is CCCOc1ccc(-c2nc(CCC)c(I)c(=O)[nH]2)cc1. The van der Waals surface area contributed by atoms with E-state index >= 15 is 0 Å². The summed E-state index contributed by atoms with van der Waals surface area (Å²) in [6.45, 7) is 4.86. The van der Waals surface area contributed by atoms with Gasteiger partial charge in [0.15, 0.2) is 0 Å². The summed E-state index contributed by atoms with van der Waals surface area (Å²) in [5.74, 6) is 1.45. The van der Waals surface area contributed by atoms with Crippen LogP contribution in [0.25, 0.3) is 11.4 Å². The number of hydrogen-bond acceptors (Lipinski definition) is 3. The quantitative estimate of drug-likeness (QED) is 0.754. The summed E-state index contributed by atoms with van der Waals surface area (Å²) in [5.41, 5.74) is 1.68. The highest BCUT2D eigenvalue weighted by Gasteiger charge is 2.09. The lowest BCUT2D eigenvalue weighted by Gasteiger charge is -2.08. The minimum absolute atomic E-state index is 0.0737. The van der Waals surface area contributed by atoms with Gasteiger partial charge in [-0.1, -0.05) is 20.3 Å². The topological polar surface area (TPSA) is 55.0 Å². The van der Waals surface area contributed by atoms with Crippen LogP contribution in [0.3, 0.4) is 0 Å². The zero-order valence-electron chi connectivity index (χ0n) is 12.3. The lowest BCUT2D eigenvalue weighted by Crippen LogP contribution is -2.16. The Labute approximate surface area is 138 Å². The fraction of sp³-hybridized carbons (Fsp3) is 0.375. The van der Waals surface area contributed by atoms with E-state index in [4.69, 9.17) is 4.74 Å². The van der Waals surface area contributed by atoms with Crippen LogP contribution in [-0.2, 0) is 6.42 Å². The summed E-state index contributed by atoms with van der Waals surface area (Å²) in [6, 6.07) is 7.66. The first kappa shape index (κ1) is 16.0. The van der Waals surface area contributed by atoms with Crippen LogP contribution in [0.4, 0.5) is 0 Å². The second-order valence-electron chi connectivity index (χ2n) is 4.80. The van der Waals surface area contributed by atoms with Crippen LogP contribution in [0.5, 0.6) is 5.75 Å². The van der Waals surface area contributed by atoms with Crippen molar-refractivity contribution in [3.8, 4) is 17.1 Å². The Balaban J connectivity index is 2.31. The van der Waals surface area contributed by atoms with Crippen molar-refractivity contribution in [1.82, 2.24) is 9.97 Å². The zero-order valence-corrected chi connectivity index (χ0v) is 14.4. The lowest BCUT2D eigenvalue weighted by atomic mass is 10.2. The number of ether oxygens (including phenoxy) is 1. The molecule has 0 radical (unpaired) electrons. The van der Waals surface area contributed by atoms with Crippen LogP contribution in [0.1, 0.15) is 32.4 Å². The van der Waals surface area contributed by atoms with E-state index in [9.17, 15) is 4.79 Å². The molecule has 0 saturated heterocycles. The van der Waals surface area contributed by atoms with Crippen LogP contribution >= 0.6 is 22.6 Å². The molecule has 0 bridgehead atoms. The van der Waals surface area contributed by atoms with Gasteiger partial charge in [-0.25, -0.2) is 4.98 Å². The first-order valence-electron chi connectivity index (χ1n) is 7.17. The molecule has 112 valence electrons. The van der Waals surface area contributed by atoms with Crippen LogP contribution in [0, 0.1) is 3.57 Å². The largest absolute Gasteiger partial charge is 0.494 e. The number of aryl methyl sites for hydroxylation is 1. The lowest BCUT2D eigenvalue weighted by molar-refractivity contribution is 0.317. The van der Waals surface area contributed by atoms with Crippen LogP contribution in [0.15, 0.2) is 29.1 Å². The minimum Gasteiger partial charge on any atom is -0.494 e. The van der Waals surface area contributed by atoms with Crippen LogP contribution in [0.2, 0.25) is 0 Å². The Morgan fingerprint density at radius 1 is 1.19 bits per heavy atom. The predicted octanol–water partition coefficient (Wildman–Crippen LogP) is 3.78. The molecule has 0 spiro atoms. The maximum atomic E-state index is 12.0. The number of rotatable bonds is 6. The van der Waals surface area contributed by atoms with Crippen LogP contribution in [-0.4, -0.2) is 16.6 Å². The molecule has 0 aliphatic carbocycles. The summed E-state index contributed by atoms with van der Waals surface area (Å²) >= 11 is 2.06. The number of benzene rings is 1. The van der Waals surface area contributed by atoms with E-state index in [2.05, 4.69) is 46.4 Å². The van der Waals surface area contributed by atoms with Gasteiger partial charge in [-0.3, -0.25) is 4.79 Å². The fourth-order valence-corrected chi connectivity index (χ4v) is 2.50. The predicted molar refractivity (Wildman–Crippen MR) is 92.8 cm³/mol. The van der Waals surface area contributed by atoms with Gasteiger partial charge in [0, 0.05) is 5.56 Å². The molecule has 4 nitrogen and oxygen atoms in total.